The molecule has 1 N–H and O–H groups in total. The number of carbonyl (C=O) groups is 2. The SMILES string of the molecule is CCCCCC(NC(=O)c1cnn(-c2ccc(Cl)cc2)c1)C(=O)OC. The van der Waals surface area contributed by atoms with Gasteiger partial charge in [0.25, 0.3) is 5.91 Å². The van der Waals surface area contributed by atoms with Gasteiger partial charge < -0.3 is 10.1 Å². The highest BCUT2D eigenvalue weighted by Gasteiger charge is 2.22. The molecule has 0 saturated heterocycles. The van der Waals surface area contributed by atoms with E-state index in [0.717, 1.165) is 24.9 Å². The summed E-state index contributed by atoms with van der Waals surface area (Å²) in [6.45, 7) is 2.08. The van der Waals surface area contributed by atoms with Gasteiger partial charge in [0, 0.05) is 11.2 Å². The molecule has 0 bridgehead atoms. The summed E-state index contributed by atoms with van der Waals surface area (Å²) in [6, 6.07) is 6.46. The van der Waals surface area contributed by atoms with Gasteiger partial charge in [-0.25, -0.2) is 9.48 Å². The number of nitrogens with zero attached hydrogens (tertiary/aromatic N) is 2. The number of methoxy groups -OCH3 is 1. The molecule has 0 fully saturated rings. The number of benzene rings is 1. The number of carbonyl (C=O) groups excluding carboxylic acids is 2. The maximum Gasteiger partial charge on any atom is 0.328 e. The summed E-state index contributed by atoms with van der Waals surface area (Å²) >= 11 is 5.87. The molecular formula is C18H22ClN3O3. The zero-order valence-corrected chi connectivity index (χ0v) is 15.1. The van der Waals surface area contributed by atoms with Crippen LogP contribution >= 0.6 is 11.6 Å². The van der Waals surface area contributed by atoms with Crippen LogP contribution in [0.4, 0.5) is 0 Å². The second kappa shape index (κ2) is 9.22. The molecule has 0 spiro atoms. The average molecular weight is 364 g/mol. The fourth-order valence-electron chi connectivity index (χ4n) is 2.41. The van der Waals surface area contributed by atoms with Crippen molar-refractivity contribution in [3.8, 4) is 5.69 Å². The molecule has 2 rings (SSSR count). The number of unbranched alkanes of at least 4 members (excludes halogenated alkanes) is 2. The minimum atomic E-state index is -0.650. The maximum atomic E-state index is 12.4. The lowest BCUT2D eigenvalue weighted by atomic mass is 10.1. The summed E-state index contributed by atoms with van der Waals surface area (Å²) in [7, 11) is 1.32. The molecule has 6 nitrogen and oxygen atoms in total. The molecule has 2 aromatic rings. The van der Waals surface area contributed by atoms with Crippen molar-refractivity contribution >= 4 is 23.5 Å². The third-order valence-electron chi connectivity index (χ3n) is 3.82. The highest BCUT2D eigenvalue weighted by Crippen LogP contribution is 2.14. The van der Waals surface area contributed by atoms with E-state index < -0.39 is 12.0 Å². The Morgan fingerprint density at radius 2 is 2.00 bits per heavy atom. The van der Waals surface area contributed by atoms with Gasteiger partial charge in [-0.3, -0.25) is 4.79 Å². The van der Waals surface area contributed by atoms with Crippen LogP contribution in [0.1, 0.15) is 43.0 Å². The zero-order valence-electron chi connectivity index (χ0n) is 14.4. The molecular weight excluding hydrogens is 342 g/mol. The van der Waals surface area contributed by atoms with Gasteiger partial charge >= 0.3 is 5.97 Å². The standard InChI is InChI=1S/C18H22ClN3O3/c1-3-4-5-6-16(18(24)25-2)21-17(23)13-11-20-22(12-13)15-9-7-14(19)8-10-15/h7-12,16H,3-6H2,1-2H3,(H,21,23). The summed E-state index contributed by atoms with van der Waals surface area (Å²) in [4.78, 5) is 24.3. The van der Waals surface area contributed by atoms with E-state index >= 15 is 0 Å². The summed E-state index contributed by atoms with van der Waals surface area (Å²) < 4.78 is 6.36. The lowest BCUT2D eigenvalue weighted by molar-refractivity contribution is -0.143. The van der Waals surface area contributed by atoms with Crippen LogP contribution in [0.5, 0.6) is 0 Å². The highest BCUT2D eigenvalue weighted by atomic mass is 35.5. The van der Waals surface area contributed by atoms with Gasteiger partial charge in [-0.15, -0.1) is 0 Å². The molecule has 0 aliphatic heterocycles. The lowest BCUT2D eigenvalue weighted by Crippen LogP contribution is -2.41. The van der Waals surface area contributed by atoms with Crippen LogP contribution in [0, 0.1) is 0 Å². The second-order valence-electron chi connectivity index (χ2n) is 5.69. The molecule has 1 unspecified atom stereocenters. The molecule has 1 amide bonds. The quantitative estimate of drug-likeness (QED) is 0.576. The predicted molar refractivity (Wildman–Crippen MR) is 96.0 cm³/mol. The fourth-order valence-corrected chi connectivity index (χ4v) is 2.53. The smallest absolute Gasteiger partial charge is 0.328 e. The van der Waals surface area contributed by atoms with E-state index in [9.17, 15) is 9.59 Å². The molecule has 1 atom stereocenters. The molecule has 7 heteroatoms. The van der Waals surface area contributed by atoms with E-state index in [4.69, 9.17) is 16.3 Å². The van der Waals surface area contributed by atoms with Crippen LogP contribution in [-0.4, -0.2) is 34.8 Å². The number of amides is 1. The number of nitrogens with one attached hydrogen (secondary N) is 1. The number of hydrogen-bond acceptors (Lipinski definition) is 4. The number of hydrogen-bond donors (Lipinski definition) is 1. The molecule has 0 aliphatic carbocycles. The van der Waals surface area contributed by atoms with E-state index in [-0.39, 0.29) is 5.91 Å². The van der Waals surface area contributed by atoms with Crippen molar-refractivity contribution in [2.24, 2.45) is 0 Å². The molecule has 134 valence electrons. The van der Waals surface area contributed by atoms with E-state index in [1.807, 2.05) is 0 Å². The number of halogens is 1. The normalized spacial score (nSPS) is 11.8. The first kappa shape index (κ1) is 19.0. The van der Waals surface area contributed by atoms with Gasteiger partial charge in [0.05, 0.1) is 24.6 Å². The van der Waals surface area contributed by atoms with E-state index in [1.165, 1.54) is 13.3 Å². The van der Waals surface area contributed by atoms with Crippen molar-refractivity contribution in [3.05, 3.63) is 47.2 Å². The van der Waals surface area contributed by atoms with Crippen LogP contribution in [0.3, 0.4) is 0 Å². The molecule has 0 radical (unpaired) electrons. The predicted octanol–water partition coefficient (Wildman–Crippen LogP) is 3.38. The Balaban J connectivity index is 2.05. The summed E-state index contributed by atoms with van der Waals surface area (Å²) in [5.41, 5.74) is 1.16. The van der Waals surface area contributed by atoms with E-state index in [1.54, 1.807) is 35.1 Å². The topological polar surface area (TPSA) is 73.2 Å². The van der Waals surface area contributed by atoms with Crippen molar-refractivity contribution < 1.29 is 14.3 Å². The van der Waals surface area contributed by atoms with Crippen molar-refractivity contribution in [1.29, 1.82) is 0 Å². The van der Waals surface area contributed by atoms with Crippen LogP contribution in [0.25, 0.3) is 5.69 Å². The third kappa shape index (κ3) is 5.32. The van der Waals surface area contributed by atoms with Crippen LogP contribution in [-0.2, 0) is 9.53 Å². The minimum absolute atomic E-state index is 0.355. The van der Waals surface area contributed by atoms with Crippen molar-refractivity contribution in [2.75, 3.05) is 7.11 Å². The van der Waals surface area contributed by atoms with Crippen molar-refractivity contribution in [1.82, 2.24) is 15.1 Å². The Labute approximate surface area is 152 Å². The monoisotopic (exact) mass is 363 g/mol. The fraction of sp³-hybridized carbons (Fsp3) is 0.389. The first-order chi connectivity index (χ1) is 12.0. The number of aromatic nitrogens is 2. The third-order valence-corrected chi connectivity index (χ3v) is 4.08. The van der Waals surface area contributed by atoms with Gasteiger partial charge in [-0.1, -0.05) is 37.8 Å². The highest BCUT2D eigenvalue weighted by molar-refractivity contribution is 6.30. The Bertz CT molecular complexity index is 713. The molecule has 0 aliphatic rings. The van der Waals surface area contributed by atoms with Crippen LogP contribution in [0.15, 0.2) is 36.7 Å². The summed E-state index contributed by atoms with van der Waals surface area (Å²) in [5, 5.41) is 7.54. The Morgan fingerprint density at radius 1 is 1.28 bits per heavy atom. The first-order valence-electron chi connectivity index (χ1n) is 8.24. The Kier molecular flexibility index (Phi) is 7.01. The molecule has 1 aromatic carbocycles. The number of esters is 1. The zero-order chi connectivity index (χ0) is 18.2. The Hall–Kier alpha value is -2.34. The Morgan fingerprint density at radius 3 is 2.64 bits per heavy atom. The van der Waals surface area contributed by atoms with Crippen molar-refractivity contribution in [3.63, 3.8) is 0 Å². The molecule has 25 heavy (non-hydrogen) atoms. The van der Waals surface area contributed by atoms with Gasteiger partial charge in [0.15, 0.2) is 0 Å². The average Bonchev–Trinajstić information content (AvgIpc) is 3.11. The van der Waals surface area contributed by atoms with Crippen LogP contribution < -0.4 is 5.32 Å². The second-order valence-corrected chi connectivity index (χ2v) is 6.13. The molecule has 0 saturated carbocycles. The number of rotatable bonds is 8. The van der Waals surface area contributed by atoms with E-state index in [2.05, 4.69) is 17.3 Å². The van der Waals surface area contributed by atoms with Crippen molar-refractivity contribution in [2.45, 2.75) is 38.6 Å². The molecule has 1 heterocycles. The van der Waals surface area contributed by atoms with Gasteiger partial charge in [-0.05, 0) is 30.7 Å². The molecule has 1 aromatic heterocycles. The van der Waals surface area contributed by atoms with E-state index in [0.29, 0.717) is 17.0 Å². The maximum absolute atomic E-state index is 12.4. The minimum Gasteiger partial charge on any atom is -0.467 e. The van der Waals surface area contributed by atoms with Gasteiger partial charge in [0.1, 0.15) is 6.04 Å². The first-order valence-corrected chi connectivity index (χ1v) is 8.62. The van der Waals surface area contributed by atoms with Gasteiger partial charge in [0.2, 0.25) is 0 Å². The summed E-state index contributed by atoms with van der Waals surface area (Å²) in [5.74, 6) is -0.790. The summed E-state index contributed by atoms with van der Waals surface area (Å²) in [6.07, 6.45) is 6.51. The van der Waals surface area contributed by atoms with Crippen LogP contribution in [0.2, 0.25) is 5.02 Å². The largest absolute Gasteiger partial charge is 0.467 e. The number of ether oxygens (including phenoxy) is 1. The lowest BCUT2D eigenvalue weighted by Gasteiger charge is -2.15. The van der Waals surface area contributed by atoms with Gasteiger partial charge in [-0.2, -0.15) is 5.10 Å².